The SMILES string of the molecule is CN=C(N/C=C\CNc1cc2c(cn1)nc([C@@H](C)O)n2[C@@H](C)C(F)(F)F)N1CC[C@@H](OC)C(F)C1. The molecule has 2 aromatic rings. The number of hydrogen-bond acceptors (Lipinski definition) is 6. The molecule has 1 fully saturated rings. The number of imidazole rings is 1. The van der Waals surface area contributed by atoms with Gasteiger partial charge in [-0.1, -0.05) is 0 Å². The van der Waals surface area contributed by atoms with Crippen molar-refractivity contribution in [2.24, 2.45) is 4.99 Å². The van der Waals surface area contributed by atoms with E-state index in [-0.39, 0.29) is 23.4 Å². The summed E-state index contributed by atoms with van der Waals surface area (Å²) in [4.78, 5) is 14.3. The number of fused-ring (bicyclic) bond motifs is 1. The lowest BCUT2D eigenvalue weighted by Crippen LogP contribution is -2.51. The van der Waals surface area contributed by atoms with Crippen molar-refractivity contribution in [1.29, 1.82) is 0 Å². The number of anilines is 1. The third-order valence-electron chi connectivity index (χ3n) is 5.86. The van der Waals surface area contributed by atoms with Gasteiger partial charge in [0.15, 0.2) is 5.96 Å². The lowest BCUT2D eigenvalue weighted by Gasteiger charge is -2.35. The van der Waals surface area contributed by atoms with Gasteiger partial charge >= 0.3 is 6.18 Å². The summed E-state index contributed by atoms with van der Waals surface area (Å²) in [5, 5.41) is 16.0. The standard InChI is InChI=1S/C22H31F4N7O2/c1-13(34)20-31-16-11-30-19(10-17(16)33(20)14(2)22(24,25)26)28-7-5-8-29-21(27-3)32-9-6-18(35-4)15(23)12-32/h5,8,10-11,13-15,18,34H,6-7,9,12H2,1-4H3,(H,27,29)(H,28,30)/b8-5-/t13-,14+,15?,18-/m1/s1. The van der Waals surface area contributed by atoms with Crippen LogP contribution in [0.1, 0.15) is 38.2 Å². The minimum Gasteiger partial charge on any atom is -0.385 e. The van der Waals surface area contributed by atoms with Crippen LogP contribution in [0, 0.1) is 0 Å². The maximum absolute atomic E-state index is 14.2. The fourth-order valence-electron chi connectivity index (χ4n) is 3.96. The molecule has 3 heterocycles. The molecule has 0 saturated carbocycles. The summed E-state index contributed by atoms with van der Waals surface area (Å²) in [6.07, 6.45) is -1.92. The smallest absolute Gasteiger partial charge is 0.385 e. The predicted octanol–water partition coefficient (Wildman–Crippen LogP) is 3.17. The first kappa shape index (κ1) is 26.7. The molecule has 0 bridgehead atoms. The normalized spacial score (nSPS) is 21.5. The van der Waals surface area contributed by atoms with Crippen LogP contribution in [-0.4, -0.2) is 82.7 Å². The number of nitrogens with zero attached hydrogens (tertiary/aromatic N) is 5. The first-order valence-corrected chi connectivity index (χ1v) is 11.2. The Balaban J connectivity index is 1.65. The summed E-state index contributed by atoms with van der Waals surface area (Å²) in [7, 11) is 3.11. The highest BCUT2D eigenvalue weighted by Gasteiger charge is 2.40. The number of halogens is 4. The zero-order valence-corrected chi connectivity index (χ0v) is 20.1. The third-order valence-corrected chi connectivity index (χ3v) is 5.86. The van der Waals surface area contributed by atoms with Crippen LogP contribution in [0.15, 0.2) is 29.5 Å². The predicted molar refractivity (Wildman–Crippen MR) is 125 cm³/mol. The van der Waals surface area contributed by atoms with E-state index in [1.807, 2.05) is 0 Å². The highest BCUT2D eigenvalue weighted by atomic mass is 19.4. The molecule has 0 amide bonds. The van der Waals surface area contributed by atoms with Crippen molar-refractivity contribution in [3.63, 3.8) is 0 Å². The Labute approximate surface area is 200 Å². The van der Waals surface area contributed by atoms with E-state index in [1.165, 1.54) is 26.3 Å². The molecule has 3 N–H and O–H groups in total. The molecule has 0 spiro atoms. The Morgan fingerprint density at radius 1 is 1.40 bits per heavy atom. The van der Waals surface area contributed by atoms with Gasteiger partial charge < -0.3 is 29.9 Å². The Morgan fingerprint density at radius 3 is 2.74 bits per heavy atom. The van der Waals surface area contributed by atoms with Gasteiger partial charge in [0, 0.05) is 39.5 Å². The molecular weight excluding hydrogens is 470 g/mol. The Morgan fingerprint density at radius 2 is 2.14 bits per heavy atom. The lowest BCUT2D eigenvalue weighted by molar-refractivity contribution is -0.163. The number of hydrogen-bond donors (Lipinski definition) is 3. The first-order valence-electron chi connectivity index (χ1n) is 11.2. The number of alkyl halides is 4. The van der Waals surface area contributed by atoms with E-state index in [1.54, 1.807) is 24.2 Å². The second-order valence-corrected chi connectivity index (χ2v) is 8.29. The molecule has 0 aromatic carbocycles. The Kier molecular flexibility index (Phi) is 8.54. The van der Waals surface area contributed by atoms with E-state index < -0.39 is 30.6 Å². The summed E-state index contributed by atoms with van der Waals surface area (Å²) < 4.78 is 60.6. The molecule has 35 heavy (non-hydrogen) atoms. The van der Waals surface area contributed by atoms with Gasteiger partial charge in [0.05, 0.1) is 24.4 Å². The molecule has 0 aliphatic carbocycles. The van der Waals surface area contributed by atoms with E-state index in [4.69, 9.17) is 4.74 Å². The van der Waals surface area contributed by atoms with E-state index >= 15 is 0 Å². The zero-order chi connectivity index (χ0) is 25.8. The van der Waals surface area contributed by atoms with E-state index in [9.17, 15) is 22.7 Å². The van der Waals surface area contributed by atoms with E-state index in [0.717, 1.165) is 11.5 Å². The first-order chi connectivity index (χ1) is 16.6. The summed E-state index contributed by atoms with van der Waals surface area (Å²) in [5.41, 5.74) is 0.470. The minimum atomic E-state index is -4.51. The fourth-order valence-corrected chi connectivity index (χ4v) is 3.96. The number of pyridine rings is 1. The number of aliphatic hydroxyl groups excluding tert-OH is 1. The number of piperidine rings is 1. The van der Waals surface area contributed by atoms with Gasteiger partial charge in [0.25, 0.3) is 0 Å². The summed E-state index contributed by atoms with van der Waals surface area (Å²) in [6, 6.07) is -0.404. The van der Waals surface area contributed by atoms with Crippen LogP contribution >= 0.6 is 0 Å². The molecule has 1 aliphatic rings. The van der Waals surface area contributed by atoms with Gasteiger partial charge in [-0.2, -0.15) is 13.2 Å². The maximum atomic E-state index is 14.2. The summed E-state index contributed by atoms with van der Waals surface area (Å²) in [5.74, 6) is 0.791. The van der Waals surface area contributed by atoms with Crippen molar-refractivity contribution in [3.8, 4) is 0 Å². The van der Waals surface area contributed by atoms with Gasteiger partial charge in [0.1, 0.15) is 35.5 Å². The van der Waals surface area contributed by atoms with Crippen molar-refractivity contribution < 1.29 is 27.4 Å². The van der Waals surface area contributed by atoms with Crippen molar-refractivity contribution in [3.05, 3.63) is 30.4 Å². The number of aliphatic imine (C=N–C) groups is 1. The highest BCUT2D eigenvalue weighted by Crippen LogP contribution is 2.35. The van der Waals surface area contributed by atoms with Crippen LogP contribution in [-0.2, 0) is 4.74 Å². The van der Waals surface area contributed by atoms with Gasteiger partial charge in [-0.05, 0) is 26.3 Å². The molecule has 1 unspecified atom stereocenters. The number of ether oxygens (including phenoxy) is 1. The van der Waals surface area contributed by atoms with Gasteiger partial charge in [-0.3, -0.25) is 4.99 Å². The maximum Gasteiger partial charge on any atom is 0.408 e. The van der Waals surface area contributed by atoms with Crippen molar-refractivity contribution >= 4 is 22.8 Å². The molecule has 1 saturated heterocycles. The second kappa shape index (κ2) is 11.2. The number of aliphatic hydroxyl groups is 1. The Bertz CT molecular complexity index is 1050. The lowest BCUT2D eigenvalue weighted by atomic mass is 10.1. The highest BCUT2D eigenvalue weighted by molar-refractivity contribution is 5.81. The van der Waals surface area contributed by atoms with Crippen LogP contribution in [0.4, 0.5) is 23.4 Å². The third kappa shape index (κ3) is 6.20. The summed E-state index contributed by atoms with van der Waals surface area (Å²) in [6.45, 7) is 3.48. The average molecular weight is 502 g/mol. The van der Waals surface area contributed by atoms with Crippen LogP contribution < -0.4 is 10.6 Å². The molecule has 2 aromatic heterocycles. The van der Waals surface area contributed by atoms with Crippen LogP contribution in [0.3, 0.4) is 0 Å². The summed E-state index contributed by atoms with van der Waals surface area (Å²) >= 11 is 0. The van der Waals surface area contributed by atoms with Gasteiger partial charge in [0.2, 0.25) is 0 Å². The molecule has 13 heteroatoms. The molecule has 4 atom stereocenters. The topological polar surface area (TPSA) is 99.8 Å². The molecule has 194 valence electrons. The number of guanidine groups is 1. The van der Waals surface area contributed by atoms with Crippen LogP contribution in [0.5, 0.6) is 0 Å². The average Bonchev–Trinajstić information content (AvgIpc) is 3.19. The van der Waals surface area contributed by atoms with E-state index in [2.05, 4.69) is 25.6 Å². The van der Waals surface area contributed by atoms with Gasteiger partial charge in [-0.15, -0.1) is 0 Å². The number of aromatic nitrogens is 3. The largest absolute Gasteiger partial charge is 0.408 e. The molecule has 9 nitrogen and oxygen atoms in total. The fraction of sp³-hybridized carbons (Fsp3) is 0.591. The number of rotatable bonds is 7. The zero-order valence-electron chi connectivity index (χ0n) is 20.1. The molecular formula is C22H31F4N7O2. The number of likely N-dealkylation sites (tertiary alicyclic amines) is 1. The van der Waals surface area contributed by atoms with Crippen molar-refractivity contribution in [1.82, 2.24) is 24.8 Å². The minimum absolute atomic E-state index is 0.0793. The van der Waals surface area contributed by atoms with Crippen molar-refractivity contribution in [2.45, 2.75) is 50.9 Å². The van der Waals surface area contributed by atoms with Gasteiger partial charge in [-0.25, -0.2) is 14.4 Å². The van der Waals surface area contributed by atoms with Crippen LogP contribution in [0.2, 0.25) is 0 Å². The second-order valence-electron chi connectivity index (χ2n) is 8.29. The molecule has 1 aliphatic heterocycles. The van der Waals surface area contributed by atoms with Crippen LogP contribution in [0.25, 0.3) is 11.0 Å². The van der Waals surface area contributed by atoms with E-state index in [0.29, 0.717) is 31.3 Å². The quantitative estimate of drug-likeness (QED) is 0.305. The van der Waals surface area contributed by atoms with Crippen molar-refractivity contribution in [2.75, 3.05) is 39.1 Å². The number of methoxy groups -OCH3 is 1. The molecule has 3 rings (SSSR count). The number of nitrogens with one attached hydrogen (secondary N) is 2. The Hall–Kier alpha value is -2.93. The molecule has 0 radical (unpaired) electrons. The monoisotopic (exact) mass is 501 g/mol.